The fourth-order valence-corrected chi connectivity index (χ4v) is 4.15. The molecule has 1 aliphatic rings. The fraction of sp³-hybridized carbons (Fsp3) is 0.414. The van der Waals surface area contributed by atoms with Crippen molar-refractivity contribution in [1.29, 1.82) is 0 Å². The van der Waals surface area contributed by atoms with Crippen LogP contribution in [-0.4, -0.2) is 52.2 Å². The zero-order valence-corrected chi connectivity index (χ0v) is 24.6. The van der Waals surface area contributed by atoms with Crippen LogP contribution >= 0.6 is 11.6 Å². The maximum absolute atomic E-state index is 13.4. The van der Waals surface area contributed by atoms with E-state index in [9.17, 15) is 24.0 Å². The first-order valence-corrected chi connectivity index (χ1v) is 13.1. The van der Waals surface area contributed by atoms with Crippen molar-refractivity contribution in [3.05, 3.63) is 52.5 Å². The summed E-state index contributed by atoms with van der Waals surface area (Å²) in [6.07, 6.45) is -1.95. The second-order valence-electron chi connectivity index (χ2n) is 11.3. The van der Waals surface area contributed by atoms with Crippen LogP contribution in [0.25, 0.3) is 0 Å². The first kappa shape index (κ1) is 30.6. The van der Waals surface area contributed by atoms with Gasteiger partial charge in [0.15, 0.2) is 23.5 Å². The molecule has 2 aromatic rings. The van der Waals surface area contributed by atoms with Crippen LogP contribution in [0.3, 0.4) is 0 Å². The van der Waals surface area contributed by atoms with Crippen LogP contribution in [0.4, 0.5) is 16.2 Å². The number of ketones is 1. The van der Waals surface area contributed by atoms with Crippen molar-refractivity contribution in [2.24, 2.45) is 5.41 Å². The van der Waals surface area contributed by atoms with Gasteiger partial charge in [-0.25, -0.2) is 9.69 Å². The van der Waals surface area contributed by atoms with Crippen molar-refractivity contribution in [3.63, 3.8) is 0 Å². The highest BCUT2D eigenvalue weighted by Crippen LogP contribution is 2.31. The van der Waals surface area contributed by atoms with E-state index in [2.05, 4.69) is 10.6 Å². The lowest BCUT2D eigenvalue weighted by atomic mass is 9.85. The molecule has 1 aliphatic heterocycles. The number of rotatable bonds is 8. The first-order valence-electron chi connectivity index (χ1n) is 12.7. The van der Waals surface area contributed by atoms with Crippen LogP contribution < -0.4 is 15.4 Å². The molecule has 0 saturated carbocycles. The van der Waals surface area contributed by atoms with Crippen LogP contribution in [0.2, 0.25) is 5.02 Å². The van der Waals surface area contributed by atoms with Crippen LogP contribution in [0.1, 0.15) is 52.7 Å². The summed E-state index contributed by atoms with van der Waals surface area (Å²) in [5.74, 6) is -2.33. The van der Waals surface area contributed by atoms with Crippen LogP contribution in [-0.2, 0) is 23.9 Å². The Kier molecular flexibility index (Phi) is 8.64. The molecule has 11 heteroatoms. The maximum atomic E-state index is 13.4. The van der Waals surface area contributed by atoms with Crippen molar-refractivity contribution in [3.8, 4) is 5.75 Å². The molecule has 1 fully saturated rings. The van der Waals surface area contributed by atoms with E-state index in [1.54, 1.807) is 33.8 Å². The normalized spacial score (nSPS) is 16.2. The highest BCUT2D eigenvalue weighted by atomic mass is 35.5. The number of ether oxygens (including phenoxy) is 2. The predicted octanol–water partition coefficient (Wildman–Crippen LogP) is 5.04. The molecular formula is C29H34ClN3O7. The number of carbonyl (C=O) groups is 5. The number of imide groups is 1. The van der Waals surface area contributed by atoms with Gasteiger partial charge < -0.3 is 20.1 Å². The number of anilines is 2. The number of Topliss-reactive ketones (excluding diaryl/α,β-unsaturated/α-hetero) is 1. The first-order chi connectivity index (χ1) is 18.4. The molecule has 0 bridgehead atoms. The quantitative estimate of drug-likeness (QED) is 0.424. The number of amides is 4. The summed E-state index contributed by atoms with van der Waals surface area (Å²) < 4.78 is 10.9. The Hall–Kier alpha value is -3.92. The second-order valence-corrected chi connectivity index (χ2v) is 11.7. The third kappa shape index (κ3) is 6.62. The molecule has 2 N–H and O–H groups in total. The fourth-order valence-electron chi connectivity index (χ4n) is 3.99. The molecule has 2 aromatic carbocycles. The Morgan fingerprint density at radius 1 is 1.00 bits per heavy atom. The number of halogens is 1. The van der Waals surface area contributed by atoms with E-state index >= 15 is 0 Å². The smallest absolute Gasteiger partial charge is 0.418 e. The number of nitrogens with zero attached hydrogens (tertiary/aromatic N) is 1. The van der Waals surface area contributed by atoms with Crippen molar-refractivity contribution in [2.75, 3.05) is 10.6 Å². The van der Waals surface area contributed by atoms with Gasteiger partial charge in [-0.05, 0) is 64.4 Å². The van der Waals surface area contributed by atoms with Gasteiger partial charge in [0.2, 0.25) is 0 Å². The van der Waals surface area contributed by atoms with E-state index in [4.69, 9.17) is 21.1 Å². The van der Waals surface area contributed by atoms with Gasteiger partial charge in [-0.3, -0.25) is 19.2 Å². The average Bonchev–Trinajstić information content (AvgIpc) is 3.04. The standard InChI is InChI=1S/C29H34ClN3O7/c1-15-9-12-21(16(2)13-15)39-17(3)24(35)31-18-10-11-19(30)20(14-18)32-25(36)22(23(34)28(4,5)6)33-26(37)29(7,8)40-27(33)38/h9-14,17,22H,1-8H3,(H,31,35)(H,32,36). The summed E-state index contributed by atoms with van der Waals surface area (Å²) in [4.78, 5) is 65.6. The highest BCUT2D eigenvalue weighted by Gasteiger charge is 2.55. The van der Waals surface area contributed by atoms with Crippen molar-refractivity contribution in [2.45, 2.75) is 73.1 Å². The van der Waals surface area contributed by atoms with E-state index in [-0.39, 0.29) is 16.4 Å². The molecule has 214 valence electrons. The SMILES string of the molecule is Cc1ccc(OC(C)C(=O)Nc2ccc(Cl)c(NC(=O)C(C(=O)C(C)(C)C)N3C(=O)OC(C)(C)C3=O)c2)c(C)c1. The summed E-state index contributed by atoms with van der Waals surface area (Å²) in [6.45, 7) is 12.9. The molecule has 1 heterocycles. The molecule has 3 rings (SSSR count). The Morgan fingerprint density at radius 3 is 2.20 bits per heavy atom. The lowest BCUT2D eigenvalue weighted by Crippen LogP contribution is -2.55. The minimum Gasteiger partial charge on any atom is -0.481 e. The van der Waals surface area contributed by atoms with Crippen LogP contribution in [0.15, 0.2) is 36.4 Å². The predicted molar refractivity (Wildman–Crippen MR) is 150 cm³/mol. The molecule has 10 nitrogen and oxygen atoms in total. The van der Waals surface area contributed by atoms with Gasteiger partial charge in [0, 0.05) is 11.1 Å². The van der Waals surface area contributed by atoms with Crippen molar-refractivity contribution < 1.29 is 33.4 Å². The zero-order valence-electron chi connectivity index (χ0n) is 23.8. The Balaban J connectivity index is 1.82. The van der Waals surface area contributed by atoms with Crippen molar-refractivity contribution in [1.82, 2.24) is 4.90 Å². The highest BCUT2D eigenvalue weighted by molar-refractivity contribution is 6.34. The monoisotopic (exact) mass is 571 g/mol. The van der Waals surface area contributed by atoms with Gasteiger partial charge in [-0.15, -0.1) is 0 Å². The number of cyclic esters (lactones) is 1. The van der Waals surface area contributed by atoms with E-state index < -0.39 is 52.8 Å². The van der Waals surface area contributed by atoms with Crippen LogP contribution in [0.5, 0.6) is 5.75 Å². The van der Waals surface area contributed by atoms with Gasteiger partial charge in [0.25, 0.3) is 17.7 Å². The maximum Gasteiger partial charge on any atom is 0.418 e. The summed E-state index contributed by atoms with van der Waals surface area (Å²) in [5, 5.41) is 5.34. The van der Waals surface area contributed by atoms with E-state index in [0.29, 0.717) is 10.6 Å². The summed E-state index contributed by atoms with van der Waals surface area (Å²) in [6, 6.07) is 8.19. The number of hydrogen-bond donors (Lipinski definition) is 2. The van der Waals surface area contributed by atoms with E-state index in [0.717, 1.165) is 11.1 Å². The summed E-state index contributed by atoms with van der Waals surface area (Å²) >= 11 is 6.30. The number of carbonyl (C=O) groups excluding carboxylic acids is 5. The molecule has 0 spiro atoms. The number of hydrogen-bond acceptors (Lipinski definition) is 7. The number of aryl methyl sites for hydroxylation is 2. The Labute approximate surface area is 238 Å². The number of nitrogens with one attached hydrogen (secondary N) is 2. The number of benzene rings is 2. The minimum atomic E-state index is -1.80. The Bertz CT molecular complexity index is 1380. The molecule has 0 aromatic heterocycles. The van der Waals surface area contributed by atoms with Gasteiger partial charge >= 0.3 is 6.09 Å². The Morgan fingerprint density at radius 2 is 1.65 bits per heavy atom. The third-order valence-electron chi connectivity index (χ3n) is 6.26. The molecule has 2 unspecified atom stereocenters. The van der Waals surface area contributed by atoms with E-state index in [1.165, 1.54) is 32.0 Å². The third-order valence-corrected chi connectivity index (χ3v) is 6.59. The summed E-state index contributed by atoms with van der Waals surface area (Å²) in [5.41, 5.74) is -0.319. The lowest BCUT2D eigenvalue weighted by molar-refractivity contribution is -0.145. The van der Waals surface area contributed by atoms with E-state index in [1.807, 2.05) is 26.0 Å². The largest absolute Gasteiger partial charge is 0.481 e. The molecule has 0 radical (unpaired) electrons. The summed E-state index contributed by atoms with van der Waals surface area (Å²) in [7, 11) is 0. The van der Waals surface area contributed by atoms with Gasteiger partial charge in [-0.1, -0.05) is 50.1 Å². The van der Waals surface area contributed by atoms with Crippen LogP contribution in [0, 0.1) is 19.3 Å². The molecule has 2 atom stereocenters. The lowest BCUT2D eigenvalue weighted by Gasteiger charge is -2.28. The molecule has 40 heavy (non-hydrogen) atoms. The zero-order chi connectivity index (χ0) is 30.2. The van der Waals surface area contributed by atoms with Gasteiger partial charge in [0.1, 0.15) is 5.75 Å². The second kappa shape index (κ2) is 11.3. The molecular weight excluding hydrogens is 538 g/mol. The molecule has 0 aliphatic carbocycles. The van der Waals surface area contributed by atoms with Crippen molar-refractivity contribution >= 4 is 52.6 Å². The van der Waals surface area contributed by atoms with Gasteiger partial charge in [0.05, 0.1) is 10.7 Å². The molecule has 1 saturated heterocycles. The minimum absolute atomic E-state index is 0.0541. The topological polar surface area (TPSA) is 131 Å². The van der Waals surface area contributed by atoms with Gasteiger partial charge in [-0.2, -0.15) is 0 Å². The molecule has 4 amide bonds. The average molecular weight is 572 g/mol.